The first kappa shape index (κ1) is 16.6. The summed E-state index contributed by atoms with van der Waals surface area (Å²) >= 11 is 8.00. The Morgan fingerprint density at radius 1 is 1.33 bits per heavy atom. The molecule has 1 aromatic rings. The fourth-order valence-electron chi connectivity index (χ4n) is 1.44. The normalized spacial score (nSPS) is 12.3. The summed E-state index contributed by atoms with van der Waals surface area (Å²) in [5.41, 5.74) is 0.964. The first-order valence-corrected chi connectivity index (χ1v) is 9.85. The van der Waals surface area contributed by atoms with Gasteiger partial charge >= 0.3 is 0 Å². The van der Waals surface area contributed by atoms with Crippen LogP contribution in [0.5, 0.6) is 0 Å². The van der Waals surface area contributed by atoms with Gasteiger partial charge in [0.05, 0.1) is 3.79 Å². The largest absolute Gasteiger partial charge is 0.252 e. The molecule has 0 bridgehead atoms. The first-order valence-electron chi connectivity index (χ1n) is 5.68. The second-order valence-electron chi connectivity index (χ2n) is 4.10. The van der Waals surface area contributed by atoms with Crippen molar-refractivity contribution in [2.75, 3.05) is 18.9 Å². The minimum atomic E-state index is -3.32. The van der Waals surface area contributed by atoms with Crippen molar-refractivity contribution in [3.05, 3.63) is 15.4 Å². The number of unbranched alkanes of at least 4 members (excludes halogenated alkanes) is 2. The van der Waals surface area contributed by atoms with Crippen molar-refractivity contribution >= 4 is 53.2 Å². The van der Waals surface area contributed by atoms with Crippen LogP contribution in [0, 0.1) is 6.92 Å². The lowest BCUT2D eigenvalue weighted by molar-refractivity contribution is 0.456. The molecule has 0 saturated carbocycles. The Morgan fingerprint density at radius 2 is 2.00 bits per heavy atom. The molecular weight excluding hydrogens is 402 g/mol. The number of thiophene rings is 1. The van der Waals surface area contributed by atoms with Gasteiger partial charge in [-0.1, -0.05) is 22.4 Å². The maximum Gasteiger partial charge on any atom is 0.252 e. The summed E-state index contributed by atoms with van der Waals surface area (Å²) < 4.78 is 27.3. The molecule has 3 nitrogen and oxygen atoms in total. The van der Waals surface area contributed by atoms with Gasteiger partial charge in [-0.15, -0.1) is 11.3 Å². The van der Waals surface area contributed by atoms with Crippen LogP contribution in [0.3, 0.4) is 0 Å². The van der Waals surface area contributed by atoms with E-state index >= 15 is 0 Å². The summed E-state index contributed by atoms with van der Waals surface area (Å²) in [4.78, 5) is 0. The lowest BCUT2D eigenvalue weighted by Gasteiger charge is -2.15. The molecule has 0 amide bonds. The number of hydrogen-bond donors (Lipinski definition) is 0. The van der Waals surface area contributed by atoms with Crippen molar-refractivity contribution in [3.8, 4) is 0 Å². The lowest BCUT2D eigenvalue weighted by atomic mass is 10.2. The van der Waals surface area contributed by atoms with Crippen molar-refractivity contribution in [3.63, 3.8) is 0 Å². The van der Waals surface area contributed by atoms with Gasteiger partial charge in [0.25, 0.3) is 10.0 Å². The summed E-state index contributed by atoms with van der Waals surface area (Å²) in [7, 11) is -1.67. The molecule has 0 atom stereocenters. The number of aryl methyl sites for hydroxylation is 1. The van der Waals surface area contributed by atoms with Crippen LogP contribution < -0.4 is 0 Å². The van der Waals surface area contributed by atoms with Gasteiger partial charge in [-0.25, -0.2) is 12.7 Å². The van der Waals surface area contributed by atoms with Crippen molar-refractivity contribution in [2.45, 2.75) is 30.4 Å². The third-order valence-corrected chi connectivity index (χ3v) is 7.61. The third-order valence-electron chi connectivity index (χ3n) is 2.61. The highest BCUT2D eigenvalue weighted by molar-refractivity contribution is 9.11. The molecule has 7 heteroatoms. The van der Waals surface area contributed by atoms with Gasteiger partial charge in [-0.2, -0.15) is 0 Å². The van der Waals surface area contributed by atoms with Crippen LogP contribution in [0.2, 0.25) is 0 Å². The van der Waals surface area contributed by atoms with Crippen LogP contribution in [0.25, 0.3) is 0 Å². The van der Waals surface area contributed by atoms with Crippen molar-refractivity contribution in [2.24, 2.45) is 0 Å². The van der Waals surface area contributed by atoms with E-state index < -0.39 is 10.0 Å². The van der Waals surface area contributed by atoms with Crippen LogP contribution in [-0.4, -0.2) is 31.6 Å². The molecule has 0 aliphatic heterocycles. The van der Waals surface area contributed by atoms with Gasteiger partial charge < -0.3 is 0 Å². The van der Waals surface area contributed by atoms with Gasteiger partial charge in [0.1, 0.15) is 4.21 Å². The van der Waals surface area contributed by atoms with E-state index in [1.807, 2.05) is 6.92 Å². The second kappa shape index (κ2) is 7.38. The molecule has 1 heterocycles. The minimum absolute atomic E-state index is 0.412. The first-order chi connectivity index (χ1) is 8.39. The van der Waals surface area contributed by atoms with Crippen LogP contribution in [0.15, 0.2) is 14.1 Å². The highest BCUT2D eigenvalue weighted by Gasteiger charge is 2.23. The molecule has 0 spiro atoms. The Bertz CT molecular complexity index is 466. The van der Waals surface area contributed by atoms with E-state index in [1.165, 1.54) is 15.6 Å². The van der Waals surface area contributed by atoms with E-state index in [-0.39, 0.29) is 0 Å². The molecule has 0 N–H and O–H groups in total. The number of alkyl halides is 1. The average Bonchev–Trinajstić information content (AvgIpc) is 2.65. The molecule has 0 unspecified atom stereocenters. The van der Waals surface area contributed by atoms with Crippen LogP contribution in [0.4, 0.5) is 0 Å². The van der Waals surface area contributed by atoms with E-state index in [4.69, 9.17) is 0 Å². The van der Waals surface area contributed by atoms with Gasteiger partial charge in [0.15, 0.2) is 0 Å². The number of hydrogen-bond acceptors (Lipinski definition) is 3. The van der Waals surface area contributed by atoms with Gasteiger partial charge in [-0.05, 0) is 47.3 Å². The SMILES string of the molecule is Cc1cc(S(=O)(=O)N(C)CCCCCBr)sc1Br. The number of sulfonamides is 1. The van der Waals surface area contributed by atoms with E-state index in [9.17, 15) is 8.42 Å². The number of nitrogens with zero attached hydrogens (tertiary/aromatic N) is 1. The van der Waals surface area contributed by atoms with Crippen LogP contribution >= 0.6 is 43.2 Å². The Balaban J connectivity index is 2.68. The maximum absolute atomic E-state index is 12.3. The predicted molar refractivity (Wildman–Crippen MR) is 84.2 cm³/mol. The molecule has 1 aromatic heterocycles. The second-order valence-corrected chi connectivity index (χ2v) is 9.53. The zero-order chi connectivity index (χ0) is 13.8. The highest BCUT2D eigenvalue weighted by atomic mass is 79.9. The van der Waals surface area contributed by atoms with E-state index in [0.29, 0.717) is 10.8 Å². The van der Waals surface area contributed by atoms with Crippen molar-refractivity contribution < 1.29 is 8.42 Å². The maximum atomic E-state index is 12.3. The molecule has 0 aliphatic rings. The molecule has 0 saturated heterocycles. The quantitative estimate of drug-likeness (QED) is 0.495. The Morgan fingerprint density at radius 3 is 2.50 bits per heavy atom. The summed E-state index contributed by atoms with van der Waals surface area (Å²) in [6.07, 6.45) is 3.02. The van der Waals surface area contributed by atoms with Gasteiger partial charge in [0, 0.05) is 18.9 Å². The van der Waals surface area contributed by atoms with E-state index in [0.717, 1.165) is 33.9 Å². The van der Waals surface area contributed by atoms with Gasteiger partial charge in [0.2, 0.25) is 0 Å². The van der Waals surface area contributed by atoms with Crippen molar-refractivity contribution in [1.29, 1.82) is 0 Å². The summed E-state index contributed by atoms with van der Waals surface area (Å²) in [6, 6.07) is 1.72. The summed E-state index contributed by atoms with van der Waals surface area (Å²) in [5.74, 6) is 0. The fraction of sp³-hybridized carbons (Fsp3) is 0.636. The summed E-state index contributed by atoms with van der Waals surface area (Å²) in [6.45, 7) is 2.47. The molecule has 0 fully saturated rings. The van der Waals surface area contributed by atoms with Crippen molar-refractivity contribution in [1.82, 2.24) is 4.31 Å². The highest BCUT2D eigenvalue weighted by Crippen LogP contribution is 2.31. The third kappa shape index (κ3) is 4.30. The Hall–Kier alpha value is 0.570. The minimum Gasteiger partial charge on any atom is -0.206 e. The lowest BCUT2D eigenvalue weighted by Crippen LogP contribution is -2.27. The smallest absolute Gasteiger partial charge is 0.206 e. The standard InChI is InChI=1S/C11H17Br2NO2S2/c1-9-8-10(17-11(9)13)18(15,16)14(2)7-5-3-4-6-12/h8H,3-7H2,1-2H3. The van der Waals surface area contributed by atoms with Crippen LogP contribution in [-0.2, 0) is 10.0 Å². The number of halogens is 2. The van der Waals surface area contributed by atoms with E-state index in [1.54, 1.807) is 13.1 Å². The fourth-order valence-corrected chi connectivity index (χ4v) is 5.48. The molecule has 104 valence electrons. The van der Waals surface area contributed by atoms with E-state index in [2.05, 4.69) is 31.9 Å². The monoisotopic (exact) mass is 417 g/mol. The zero-order valence-corrected chi connectivity index (χ0v) is 15.3. The molecule has 0 radical (unpaired) electrons. The Kier molecular flexibility index (Phi) is 6.81. The predicted octanol–water partition coefficient (Wildman–Crippen LogP) is 4.00. The topological polar surface area (TPSA) is 37.4 Å². The van der Waals surface area contributed by atoms with Gasteiger partial charge in [-0.3, -0.25) is 0 Å². The molecule has 1 rings (SSSR count). The number of rotatable bonds is 7. The van der Waals surface area contributed by atoms with Crippen LogP contribution in [0.1, 0.15) is 24.8 Å². The molecule has 18 heavy (non-hydrogen) atoms. The summed E-state index contributed by atoms with van der Waals surface area (Å²) in [5, 5.41) is 0.973. The molecule has 0 aliphatic carbocycles. The zero-order valence-electron chi connectivity index (χ0n) is 10.4. The average molecular weight is 419 g/mol. The molecule has 0 aromatic carbocycles. The Labute approximate surface area is 130 Å². The molecular formula is C11H17Br2NO2S2.